The van der Waals surface area contributed by atoms with Gasteiger partial charge in [0.25, 0.3) is 0 Å². The lowest BCUT2D eigenvalue weighted by Gasteiger charge is -2.22. The highest BCUT2D eigenvalue weighted by molar-refractivity contribution is 5.79. The maximum absolute atomic E-state index is 13.5. The van der Waals surface area contributed by atoms with Gasteiger partial charge in [-0.1, -0.05) is 6.07 Å². The van der Waals surface area contributed by atoms with Crippen molar-refractivity contribution in [1.82, 2.24) is 9.55 Å². The molecule has 30 heavy (non-hydrogen) atoms. The number of benzene rings is 1. The summed E-state index contributed by atoms with van der Waals surface area (Å²) in [4.78, 5) is 4.24. The minimum atomic E-state index is -4.95. The molecule has 1 aliphatic rings. The fourth-order valence-corrected chi connectivity index (χ4v) is 3.71. The first-order valence-corrected chi connectivity index (χ1v) is 9.08. The number of aliphatic hydroxyl groups excluding tert-OH is 3. The van der Waals surface area contributed by atoms with Crippen LogP contribution >= 0.6 is 0 Å². The number of alkyl halides is 3. The highest BCUT2D eigenvalue weighted by Gasteiger charge is 2.48. The Balaban J connectivity index is 1.66. The van der Waals surface area contributed by atoms with E-state index in [1.165, 1.54) is 4.57 Å². The zero-order valence-electron chi connectivity index (χ0n) is 15.6. The first-order valence-electron chi connectivity index (χ1n) is 9.08. The Hall–Kier alpha value is -2.53. The van der Waals surface area contributed by atoms with Crippen molar-refractivity contribution in [2.24, 2.45) is 0 Å². The standard InChI is InChI=1S/C20H18F4N2O4/c1-9-4-6-25-18-11(9)5-7-26(18)19-16(29)15(28)17(30-19)14(27)10-2-3-13(21)12(8-10)20(22,23)24/h2-8,14-17,19,27-29H,1H3/t14-,15+,16-,17-,19-/m1/s1. The normalized spacial score (nSPS) is 25.7. The molecule has 3 N–H and O–H groups in total. The van der Waals surface area contributed by atoms with Gasteiger partial charge in [0.15, 0.2) is 6.23 Å². The van der Waals surface area contributed by atoms with Crippen LogP contribution in [0.4, 0.5) is 17.6 Å². The van der Waals surface area contributed by atoms with Gasteiger partial charge in [-0.05, 0) is 42.3 Å². The van der Waals surface area contributed by atoms with E-state index in [9.17, 15) is 32.9 Å². The number of halogens is 4. The van der Waals surface area contributed by atoms with E-state index in [4.69, 9.17) is 4.74 Å². The van der Waals surface area contributed by atoms with Gasteiger partial charge in [-0.2, -0.15) is 13.2 Å². The predicted octanol–water partition coefficient (Wildman–Crippen LogP) is 2.86. The zero-order valence-corrected chi connectivity index (χ0v) is 15.6. The summed E-state index contributed by atoms with van der Waals surface area (Å²) < 4.78 is 59.6. The molecule has 0 spiro atoms. The van der Waals surface area contributed by atoms with Crippen LogP contribution in [0.1, 0.15) is 29.0 Å². The van der Waals surface area contributed by atoms with Crippen LogP contribution in [0.15, 0.2) is 42.7 Å². The molecule has 5 atom stereocenters. The monoisotopic (exact) mass is 426 g/mol. The summed E-state index contributed by atoms with van der Waals surface area (Å²) in [6.45, 7) is 1.87. The van der Waals surface area contributed by atoms with E-state index in [0.29, 0.717) is 17.8 Å². The van der Waals surface area contributed by atoms with Crippen LogP contribution in [0, 0.1) is 12.7 Å². The summed E-state index contributed by atoms with van der Waals surface area (Å²) >= 11 is 0. The van der Waals surface area contributed by atoms with E-state index in [-0.39, 0.29) is 5.56 Å². The Morgan fingerprint density at radius 3 is 2.57 bits per heavy atom. The maximum atomic E-state index is 13.5. The molecular weight excluding hydrogens is 408 g/mol. The van der Waals surface area contributed by atoms with Crippen molar-refractivity contribution in [3.05, 3.63) is 65.2 Å². The number of hydrogen-bond acceptors (Lipinski definition) is 5. The molecule has 10 heteroatoms. The summed E-state index contributed by atoms with van der Waals surface area (Å²) in [5.74, 6) is -1.48. The van der Waals surface area contributed by atoms with E-state index in [1.807, 2.05) is 6.92 Å². The molecule has 0 unspecified atom stereocenters. The molecule has 4 rings (SSSR count). The van der Waals surface area contributed by atoms with Crippen molar-refractivity contribution < 1.29 is 37.6 Å². The number of hydrogen-bond donors (Lipinski definition) is 3. The Morgan fingerprint density at radius 1 is 1.13 bits per heavy atom. The van der Waals surface area contributed by atoms with Crippen molar-refractivity contribution in [2.45, 2.75) is 43.7 Å². The summed E-state index contributed by atoms with van der Waals surface area (Å²) in [7, 11) is 0. The van der Waals surface area contributed by atoms with Crippen LogP contribution in [-0.2, 0) is 10.9 Å². The van der Waals surface area contributed by atoms with E-state index in [2.05, 4.69) is 4.98 Å². The molecule has 0 saturated carbocycles. The highest BCUT2D eigenvalue weighted by Crippen LogP contribution is 2.39. The van der Waals surface area contributed by atoms with Crippen molar-refractivity contribution in [1.29, 1.82) is 0 Å². The van der Waals surface area contributed by atoms with Crippen LogP contribution in [0.25, 0.3) is 11.0 Å². The number of aryl methyl sites for hydroxylation is 1. The van der Waals surface area contributed by atoms with Crippen molar-refractivity contribution in [3.63, 3.8) is 0 Å². The number of nitrogens with zero attached hydrogens (tertiary/aromatic N) is 2. The second kappa shape index (κ2) is 7.31. The van der Waals surface area contributed by atoms with Crippen LogP contribution in [0.5, 0.6) is 0 Å². The van der Waals surface area contributed by atoms with Gasteiger partial charge in [0, 0.05) is 17.8 Å². The minimum absolute atomic E-state index is 0.299. The number of aromatic nitrogens is 2. The average Bonchev–Trinajstić information content (AvgIpc) is 3.23. The average molecular weight is 426 g/mol. The lowest BCUT2D eigenvalue weighted by atomic mass is 9.97. The topological polar surface area (TPSA) is 87.7 Å². The number of pyridine rings is 1. The Bertz CT molecular complexity index is 1080. The number of rotatable bonds is 3. The summed E-state index contributed by atoms with van der Waals surface area (Å²) in [6.07, 6.45) is -9.19. The molecule has 0 aliphatic carbocycles. The molecule has 1 aromatic carbocycles. The third-order valence-corrected chi connectivity index (χ3v) is 5.33. The maximum Gasteiger partial charge on any atom is 0.419 e. The molecule has 2 aromatic heterocycles. The number of aliphatic hydroxyl groups is 3. The Morgan fingerprint density at radius 2 is 1.87 bits per heavy atom. The molecule has 0 bridgehead atoms. The van der Waals surface area contributed by atoms with E-state index in [0.717, 1.165) is 17.0 Å². The third-order valence-electron chi connectivity index (χ3n) is 5.33. The summed E-state index contributed by atoms with van der Waals surface area (Å²) in [5, 5.41) is 32.2. The van der Waals surface area contributed by atoms with Gasteiger partial charge >= 0.3 is 6.18 Å². The van der Waals surface area contributed by atoms with E-state index < -0.39 is 48.2 Å². The van der Waals surface area contributed by atoms with Crippen molar-refractivity contribution in [3.8, 4) is 0 Å². The summed E-state index contributed by atoms with van der Waals surface area (Å²) in [5.41, 5.74) is -0.441. The second-order valence-corrected chi connectivity index (χ2v) is 7.24. The molecule has 1 saturated heterocycles. The minimum Gasteiger partial charge on any atom is -0.387 e. The van der Waals surface area contributed by atoms with Crippen molar-refractivity contribution in [2.75, 3.05) is 0 Å². The van der Waals surface area contributed by atoms with Gasteiger partial charge in [0.05, 0.1) is 5.56 Å². The van der Waals surface area contributed by atoms with Gasteiger partial charge in [0.1, 0.15) is 35.9 Å². The first-order chi connectivity index (χ1) is 14.1. The van der Waals surface area contributed by atoms with Crippen LogP contribution in [0.2, 0.25) is 0 Å². The van der Waals surface area contributed by atoms with Crippen LogP contribution in [0.3, 0.4) is 0 Å². The number of ether oxygens (including phenoxy) is 1. The fourth-order valence-electron chi connectivity index (χ4n) is 3.71. The quantitative estimate of drug-likeness (QED) is 0.561. The molecule has 3 aromatic rings. The van der Waals surface area contributed by atoms with Crippen LogP contribution in [-0.4, -0.2) is 43.2 Å². The molecule has 3 heterocycles. The van der Waals surface area contributed by atoms with E-state index in [1.54, 1.807) is 24.5 Å². The van der Waals surface area contributed by atoms with Gasteiger partial charge in [-0.3, -0.25) is 0 Å². The Kier molecular flexibility index (Phi) is 5.05. The third kappa shape index (κ3) is 3.35. The van der Waals surface area contributed by atoms with Gasteiger partial charge in [-0.25, -0.2) is 9.37 Å². The second-order valence-electron chi connectivity index (χ2n) is 7.24. The van der Waals surface area contributed by atoms with Gasteiger partial charge in [0.2, 0.25) is 0 Å². The predicted molar refractivity (Wildman–Crippen MR) is 96.8 cm³/mol. The molecule has 0 amide bonds. The van der Waals surface area contributed by atoms with Gasteiger partial charge in [-0.15, -0.1) is 0 Å². The molecule has 6 nitrogen and oxygen atoms in total. The molecule has 0 radical (unpaired) electrons. The lowest BCUT2D eigenvalue weighted by molar-refractivity contribution is -0.140. The van der Waals surface area contributed by atoms with E-state index >= 15 is 0 Å². The largest absolute Gasteiger partial charge is 0.419 e. The van der Waals surface area contributed by atoms with Gasteiger partial charge < -0.3 is 24.6 Å². The lowest BCUT2D eigenvalue weighted by Crippen LogP contribution is -2.35. The molecule has 160 valence electrons. The smallest absolute Gasteiger partial charge is 0.387 e. The first kappa shape index (κ1) is 20.7. The fraction of sp³-hybridized carbons (Fsp3) is 0.350. The molecule has 1 aliphatic heterocycles. The zero-order chi connectivity index (χ0) is 21.8. The van der Waals surface area contributed by atoms with Crippen LogP contribution < -0.4 is 0 Å². The number of fused-ring (bicyclic) bond motifs is 1. The summed E-state index contributed by atoms with van der Waals surface area (Å²) in [6, 6.07) is 5.57. The molecular formula is C20H18F4N2O4. The van der Waals surface area contributed by atoms with Crippen molar-refractivity contribution >= 4 is 11.0 Å². The SMILES string of the molecule is Cc1ccnc2c1ccn2[C@@H]1O[C@H]([C@H](O)c2ccc(F)c(C(F)(F)F)c2)[C@@H](O)[C@H]1O. The molecule has 1 fully saturated rings. The Labute approximate surface area is 168 Å². The highest BCUT2D eigenvalue weighted by atomic mass is 19.4.